The van der Waals surface area contributed by atoms with Crippen LogP contribution >= 0.6 is 0 Å². The first-order valence-electron chi connectivity index (χ1n) is 4.92. The molecule has 92 valence electrons. The Balaban J connectivity index is 2.34. The van der Waals surface area contributed by atoms with Gasteiger partial charge in [0.1, 0.15) is 5.56 Å². The molecule has 1 amide bonds. The van der Waals surface area contributed by atoms with E-state index in [9.17, 15) is 14.9 Å². The van der Waals surface area contributed by atoms with Gasteiger partial charge in [0.15, 0.2) is 0 Å². The highest BCUT2D eigenvalue weighted by molar-refractivity contribution is 6.06. The van der Waals surface area contributed by atoms with E-state index in [2.05, 4.69) is 15.3 Å². The number of hydrogen-bond donors (Lipinski definition) is 3. The van der Waals surface area contributed by atoms with Crippen LogP contribution in [0.2, 0.25) is 0 Å². The second kappa shape index (κ2) is 4.53. The van der Waals surface area contributed by atoms with Crippen LogP contribution in [0.25, 0.3) is 0 Å². The summed E-state index contributed by atoms with van der Waals surface area (Å²) in [5.74, 6) is -0.444. The van der Waals surface area contributed by atoms with Crippen LogP contribution in [-0.2, 0) is 0 Å². The molecule has 8 heteroatoms. The lowest BCUT2D eigenvalue weighted by Gasteiger charge is -2.04. The van der Waals surface area contributed by atoms with Gasteiger partial charge in [0.05, 0.1) is 4.92 Å². The summed E-state index contributed by atoms with van der Waals surface area (Å²) in [6.45, 7) is 0. The van der Waals surface area contributed by atoms with Crippen molar-refractivity contribution in [3.63, 3.8) is 0 Å². The minimum Gasteiger partial charge on any atom is -0.399 e. The summed E-state index contributed by atoms with van der Waals surface area (Å²) in [6, 6.07) is 3.80. The van der Waals surface area contributed by atoms with Crippen LogP contribution in [0.4, 0.5) is 17.3 Å². The maximum atomic E-state index is 11.9. The number of amides is 1. The summed E-state index contributed by atoms with van der Waals surface area (Å²) in [4.78, 5) is 28.5. The number of benzene rings is 1. The van der Waals surface area contributed by atoms with Crippen molar-refractivity contribution in [1.29, 1.82) is 0 Å². The Bertz CT molecular complexity index is 594. The molecule has 18 heavy (non-hydrogen) atoms. The maximum absolute atomic E-state index is 11.9. The third-order valence-electron chi connectivity index (χ3n) is 2.19. The minimum atomic E-state index is -0.649. The zero-order valence-corrected chi connectivity index (χ0v) is 9.08. The first-order chi connectivity index (χ1) is 8.58. The number of aromatic amines is 1. The molecule has 0 aliphatic carbocycles. The predicted octanol–water partition coefficient (Wildman–Crippen LogP) is 1.15. The molecule has 0 aliphatic heterocycles. The van der Waals surface area contributed by atoms with Crippen LogP contribution in [0.3, 0.4) is 0 Å². The summed E-state index contributed by atoms with van der Waals surface area (Å²) in [7, 11) is 0. The van der Waals surface area contributed by atoms with Gasteiger partial charge in [0.25, 0.3) is 11.6 Å². The fourth-order valence-corrected chi connectivity index (χ4v) is 1.40. The lowest BCUT2D eigenvalue weighted by molar-refractivity contribution is -0.385. The molecule has 0 saturated heterocycles. The van der Waals surface area contributed by atoms with Gasteiger partial charge in [-0.05, 0) is 12.1 Å². The van der Waals surface area contributed by atoms with Gasteiger partial charge in [-0.2, -0.15) is 0 Å². The van der Waals surface area contributed by atoms with Crippen molar-refractivity contribution in [3.05, 3.63) is 46.3 Å². The molecule has 2 aromatic rings. The lowest BCUT2D eigenvalue weighted by atomic mass is 10.1. The maximum Gasteiger partial charge on any atom is 0.282 e. The average Bonchev–Trinajstić information content (AvgIpc) is 2.81. The van der Waals surface area contributed by atoms with Gasteiger partial charge in [-0.15, -0.1) is 0 Å². The smallest absolute Gasteiger partial charge is 0.282 e. The van der Waals surface area contributed by atoms with Crippen LogP contribution < -0.4 is 11.1 Å². The molecule has 1 aromatic heterocycles. The summed E-state index contributed by atoms with van der Waals surface area (Å²) in [5, 5.41) is 13.2. The van der Waals surface area contributed by atoms with Crippen molar-refractivity contribution in [1.82, 2.24) is 9.97 Å². The van der Waals surface area contributed by atoms with Crippen molar-refractivity contribution in [2.75, 3.05) is 11.1 Å². The van der Waals surface area contributed by atoms with Crippen molar-refractivity contribution < 1.29 is 9.72 Å². The van der Waals surface area contributed by atoms with Gasteiger partial charge in [-0.25, -0.2) is 4.98 Å². The molecule has 0 radical (unpaired) electrons. The Hall–Kier alpha value is -2.90. The van der Waals surface area contributed by atoms with Gasteiger partial charge < -0.3 is 10.7 Å². The third-order valence-corrected chi connectivity index (χ3v) is 2.19. The van der Waals surface area contributed by atoms with Gasteiger partial charge in [0.2, 0.25) is 5.95 Å². The number of rotatable bonds is 3. The minimum absolute atomic E-state index is 0.114. The molecule has 0 spiro atoms. The molecular formula is C10H9N5O3. The van der Waals surface area contributed by atoms with E-state index >= 15 is 0 Å². The van der Waals surface area contributed by atoms with Gasteiger partial charge >= 0.3 is 0 Å². The van der Waals surface area contributed by atoms with E-state index < -0.39 is 10.8 Å². The molecule has 0 aliphatic rings. The first-order valence-corrected chi connectivity index (χ1v) is 4.92. The molecule has 1 heterocycles. The Kier molecular flexibility index (Phi) is 2.92. The number of H-pyrrole nitrogens is 1. The van der Waals surface area contributed by atoms with Gasteiger partial charge in [-0.1, -0.05) is 0 Å². The number of carbonyl (C=O) groups excluding carboxylic acids is 1. The van der Waals surface area contributed by atoms with E-state index in [-0.39, 0.29) is 22.9 Å². The first kappa shape index (κ1) is 11.6. The number of nitro benzene ring substituents is 1. The summed E-state index contributed by atoms with van der Waals surface area (Å²) in [6.07, 6.45) is 2.97. The largest absolute Gasteiger partial charge is 0.399 e. The molecule has 0 saturated carbocycles. The fourth-order valence-electron chi connectivity index (χ4n) is 1.40. The SMILES string of the molecule is Nc1ccc([N+](=O)[O-])c(C(=O)Nc2ncc[nH]2)c1. The topological polar surface area (TPSA) is 127 Å². The number of anilines is 2. The van der Waals surface area contributed by atoms with Crippen LogP contribution in [0.5, 0.6) is 0 Å². The number of nitrogens with two attached hydrogens (primary N) is 1. The molecular weight excluding hydrogens is 238 g/mol. The molecule has 0 bridgehead atoms. The molecule has 0 atom stereocenters. The van der Waals surface area contributed by atoms with Crippen molar-refractivity contribution in [2.24, 2.45) is 0 Å². The van der Waals surface area contributed by atoms with Crippen molar-refractivity contribution >= 4 is 23.2 Å². The Morgan fingerprint density at radius 3 is 2.89 bits per heavy atom. The Morgan fingerprint density at radius 2 is 2.28 bits per heavy atom. The van der Waals surface area contributed by atoms with E-state index in [1.54, 1.807) is 0 Å². The zero-order valence-electron chi connectivity index (χ0n) is 9.08. The summed E-state index contributed by atoms with van der Waals surface area (Å²) in [5.41, 5.74) is 5.36. The van der Waals surface area contributed by atoms with Crippen LogP contribution in [0, 0.1) is 10.1 Å². The van der Waals surface area contributed by atoms with E-state index in [0.29, 0.717) is 0 Å². The number of aromatic nitrogens is 2. The fraction of sp³-hybridized carbons (Fsp3) is 0. The van der Waals surface area contributed by atoms with E-state index in [1.807, 2.05) is 0 Å². The number of nitrogens with zero attached hydrogens (tertiary/aromatic N) is 2. The number of imidazole rings is 1. The standard InChI is InChI=1S/C10H9N5O3/c11-6-1-2-8(15(17)18)7(5-6)9(16)14-10-12-3-4-13-10/h1-5H,11H2,(H2,12,13,14,16). The molecule has 0 fully saturated rings. The number of nitrogens with one attached hydrogen (secondary N) is 2. The van der Waals surface area contributed by atoms with Crippen LogP contribution in [0.15, 0.2) is 30.6 Å². The number of nitrogen functional groups attached to an aromatic ring is 1. The molecule has 4 N–H and O–H groups in total. The molecule has 2 rings (SSSR count). The van der Waals surface area contributed by atoms with Crippen molar-refractivity contribution in [3.8, 4) is 0 Å². The third kappa shape index (κ3) is 2.26. The lowest BCUT2D eigenvalue weighted by Crippen LogP contribution is -2.15. The Morgan fingerprint density at radius 1 is 1.50 bits per heavy atom. The van der Waals surface area contributed by atoms with E-state index in [1.165, 1.54) is 30.6 Å². The normalized spacial score (nSPS) is 10.0. The van der Waals surface area contributed by atoms with Crippen LogP contribution in [-0.4, -0.2) is 20.8 Å². The highest BCUT2D eigenvalue weighted by Crippen LogP contribution is 2.21. The van der Waals surface area contributed by atoms with E-state index in [4.69, 9.17) is 5.73 Å². The predicted molar refractivity (Wildman–Crippen MR) is 64.0 cm³/mol. The highest BCUT2D eigenvalue weighted by atomic mass is 16.6. The number of hydrogen-bond acceptors (Lipinski definition) is 5. The molecule has 1 aromatic carbocycles. The average molecular weight is 247 g/mol. The molecule has 0 unspecified atom stereocenters. The van der Waals surface area contributed by atoms with Crippen molar-refractivity contribution in [2.45, 2.75) is 0 Å². The second-order valence-corrected chi connectivity index (χ2v) is 3.43. The quantitative estimate of drug-likeness (QED) is 0.426. The van der Waals surface area contributed by atoms with Gasteiger partial charge in [-0.3, -0.25) is 20.2 Å². The number of carbonyl (C=O) groups is 1. The zero-order chi connectivity index (χ0) is 13.1. The monoisotopic (exact) mass is 247 g/mol. The number of nitro groups is 1. The summed E-state index contributed by atoms with van der Waals surface area (Å²) < 4.78 is 0. The highest BCUT2D eigenvalue weighted by Gasteiger charge is 2.20. The Labute approximate surface area is 101 Å². The summed E-state index contributed by atoms with van der Waals surface area (Å²) >= 11 is 0. The molecule has 8 nitrogen and oxygen atoms in total. The van der Waals surface area contributed by atoms with Gasteiger partial charge in [0, 0.05) is 24.1 Å². The second-order valence-electron chi connectivity index (χ2n) is 3.43. The van der Waals surface area contributed by atoms with E-state index in [0.717, 1.165) is 0 Å². The van der Waals surface area contributed by atoms with Crippen LogP contribution in [0.1, 0.15) is 10.4 Å².